The summed E-state index contributed by atoms with van der Waals surface area (Å²) in [5.74, 6) is -0.852. The van der Waals surface area contributed by atoms with Crippen LogP contribution in [0, 0.1) is 11.8 Å². The Morgan fingerprint density at radius 3 is 2.55 bits per heavy atom. The zero-order valence-corrected chi connectivity index (χ0v) is 16.9. The minimum absolute atomic E-state index is 0.128. The summed E-state index contributed by atoms with van der Waals surface area (Å²) in [4.78, 5) is 46.0. The molecule has 3 amide bonds. The fourth-order valence-corrected chi connectivity index (χ4v) is 5.82. The van der Waals surface area contributed by atoms with Crippen LogP contribution >= 0.6 is 11.3 Å². The number of hydrogen-bond donors (Lipinski definition) is 0. The second kappa shape index (κ2) is 7.37. The zero-order valence-electron chi connectivity index (χ0n) is 16.1. The number of rotatable bonds is 3. The Hall–Kier alpha value is -2.54. The summed E-state index contributed by atoms with van der Waals surface area (Å²) >= 11 is 1.69. The number of fused-ring (bicyclic) bond motifs is 2. The van der Waals surface area contributed by atoms with E-state index in [1.807, 2.05) is 30.4 Å². The monoisotopic (exact) mass is 409 g/mol. The zero-order chi connectivity index (χ0) is 20.0. The normalized spacial score (nSPS) is 27.0. The smallest absolute Gasteiger partial charge is 0.242 e. The molecular formula is C22H23N3O3S. The predicted octanol–water partition coefficient (Wildman–Crippen LogP) is 2.95. The molecule has 3 atom stereocenters. The molecule has 0 spiro atoms. The SMILES string of the molecule is O=C(CN1C(=O)C2CC=CCC2C1=O)N1CCCC(c2nc3ccccc3s2)C1. The number of piperidine rings is 1. The van der Waals surface area contributed by atoms with Gasteiger partial charge in [-0.05, 0) is 37.8 Å². The number of allylic oxidation sites excluding steroid dienone is 2. The van der Waals surface area contributed by atoms with Crippen LogP contribution < -0.4 is 0 Å². The number of nitrogens with zero attached hydrogens (tertiary/aromatic N) is 3. The number of thiazole rings is 1. The van der Waals surface area contributed by atoms with Crippen LogP contribution in [0.1, 0.15) is 36.6 Å². The molecule has 1 aromatic carbocycles. The van der Waals surface area contributed by atoms with E-state index in [0.717, 1.165) is 28.1 Å². The Kier molecular flexibility index (Phi) is 4.70. The van der Waals surface area contributed by atoms with Gasteiger partial charge in [0.1, 0.15) is 6.54 Å². The average molecular weight is 410 g/mol. The van der Waals surface area contributed by atoms with E-state index in [4.69, 9.17) is 4.98 Å². The van der Waals surface area contributed by atoms with E-state index in [9.17, 15) is 14.4 Å². The van der Waals surface area contributed by atoms with Crippen molar-refractivity contribution in [1.82, 2.24) is 14.8 Å². The van der Waals surface area contributed by atoms with Gasteiger partial charge in [0.25, 0.3) is 0 Å². The minimum Gasteiger partial charge on any atom is -0.340 e. The third-order valence-electron chi connectivity index (χ3n) is 6.33. The van der Waals surface area contributed by atoms with Crippen LogP contribution in [0.4, 0.5) is 0 Å². The second-order valence-corrected chi connectivity index (χ2v) is 9.18. The van der Waals surface area contributed by atoms with Gasteiger partial charge < -0.3 is 4.90 Å². The van der Waals surface area contributed by atoms with Crippen molar-refractivity contribution < 1.29 is 14.4 Å². The fraction of sp³-hybridized carbons (Fsp3) is 0.455. The Labute approximate surface area is 173 Å². The van der Waals surface area contributed by atoms with Gasteiger partial charge >= 0.3 is 0 Å². The van der Waals surface area contributed by atoms with Crippen molar-refractivity contribution in [2.24, 2.45) is 11.8 Å². The first-order valence-electron chi connectivity index (χ1n) is 10.3. The van der Waals surface area contributed by atoms with E-state index in [0.29, 0.717) is 25.9 Å². The number of likely N-dealkylation sites (tertiary alicyclic amines) is 2. The Balaban J connectivity index is 1.28. The van der Waals surface area contributed by atoms with E-state index in [1.165, 1.54) is 4.90 Å². The number of imide groups is 1. The first-order valence-corrected chi connectivity index (χ1v) is 11.1. The number of hydrogen-bond acceptors (Lipinski definition) is 5. The van der Waals surface area contributed by atoms with Crippen molar-refractivity contribution in [1.29, 1.82) is 0 Å². The van der Waals surface area contributed by atoms with Crippen molar-refractivity contribution >= 4 is 39.3 Å². The molecule has 150 valence electrons. The lowest BCUT2D eigenvalue weighted by Gasteiger charge is -2.32. The lowest BCUT2D eigenvalue weighted by Crippen LogP contribution is -2.46. The molecule has 0 N–H and O–H groups in total. The van der Waals surface area contributed by atoms with Gasteiger partial charge in [0, 0.05) is 19.0 Å². The topological polar surface area (TPSA) is 70.6 Å². The predicted molar refractivity (Wildman–Crippen MR) is 110 cm³/mol. The van der Waals surface area contributed by atoms with Crippen molar-refractivity contribution in [2.75, 3.05) is 19.6 Å². The molecule has 3 aliphatic rings. The van der Waals surface area contributed by atoms with Gasteiger partial charge in [-0.1, -0.05) is 24.3 Å². The molecule has 2 aliphatic heterocycles. The summed E-state index contributed by atoms with van der Waals surface area (Å²) in [5.41, 5.74) is 1.00. The van der Waals surface area contributed by atoms with Crippen molar-refractivity contribution in [3.63, 3.8) is 0 Å². The second-order valence-electron chi connectivity index (χ2n) is 8.12. The summed E-state index contributed by atoms with van der Waals surface area (Å²) in [6.07, 6.45) is 7.03. The summed E-state index contributed by atoms with van der Waals surface area (Å²) in [5, 5.41) is 1.06. The molecule has 1 aromatic heterocycles. The van der Waals surface area contributed by atoms with Gasteiger partial charge in [-0.25, -0.2) is 4.98 Å². The van der Waals surface area contributed by atoms with E-state index >= 15 is 0 Å². The largest absolute Gasteiger partial charge is 0.340 e. The molecule has 3 heterocycles. The highest BCUT2D eigenvalue weighted by Crippen LogP contribution is 2.36. The maximum absolute atomic E-state index is 12.9. The average Bonchev–Trinajstić information content (AvgIpc) is 3.29. The highest BCUT2D eigenvalue weighted by Gasteiger charge is 2.48. The number of amides is 3. The molecule has 2 aromatic rings. The van der Waals surface area contributed by atoms with Crippen LogP contribution in [0.25, 0.3) is 10.2 Å². The van der Waals surface area contributed by atoms with Crippen molar-refractivity contribution in [3.05, 3.63) is 41.4 Å². The van der Waals surface area contributed by atoms with Crippen LogP contribution in [-0.4, -0.2) is 52.1 Å². The number of benzene rings is 1. The van der Waals surface area contributed by atoms with Crippen LogP contribution in [0.2, 0.25) is 0 Å². The molecule has 29 heavy (non-hydrogen) atoms. The summed E-state index contributed by atoms with van der Waals surface area (Å²) in [6, 6.07) is 8.08. The van der Waals surface area contributed by atoms with Gasteiger partial charge in [0.15, 0.2) is 0 Å². The van der Waals surface area contributed by atoms with Crippen LogP contribution in [0.3, 0.4) is 0 Å². The molecule has 0 radical (unpaired) electrons. The summed E-state index contributed by atoms with van der Waals surface area (Å²) in [6.45, 7) is 1.14. The van der Waals surface area contributed by atoms with Crippen LogP contribution in [0.5, 0.6) is 0 Å². The summed E-state index contributed by atoms with van der Waals surface area (Å²) in [7, 11) is 0. The van der Waals surface area contributed by atoms with E-state index < -0.39 is 0 Å². The standard InChI is InChI=1S/C22H23N3O3S/c26-19(13-25-21(27)15-7-1-2-8-16(15)22(25)28)24-11-5-6-14(12-24)20-23-17-9-3-4-10-18(17)29-20/h1-4,9-10,14-16H,5-8,11-13H2. The number of carbonyl (C=O) groups is 3. The van der Waals surface area contributed by atoms with E-state index in [-0.39, 0.29) is 42.0 Å². The Morgan fingerprint density at radius 2 is 1.83 bits per heavy atom. The van der Waals surface area contributed by atoms with Gasteiger partial charge in [0.2, 0.25) is 17.7 Å². The molecule has 7 heteroatoms. The van der Waals surface area contributed by atoms with Gasteiger partial charge in [-0.15, -0.1) is 11.3 Å². The van der Waals surface area contributed by atoms with Crippen LogP contribution in [0.15, 0.2) is 36.4 Å². The Morgan fingerprint density at radius 1 is 1.10 bits per heavy atom. The molecular weight excluding hydrogens is 386 g/mol. The molecule has 2 fully saturated rings. The molecule has 5 rings (SSSR count). The fourth-order valence-electron chi connectivity index (χ4n) is 4.73. The molecule has 3 unspecified atom stereocenters. The highest BCUT2D eigenvalue weighted by atomic mass is 32.1. The maximum Gasteiger partial charge on any atom is 0.242 e. The van der Waals surface area contributed by atoms with E-state index in [2.05, 4.69) is 6.07 Å². The van der Waals surface area contributed by atoms with Gasteiger partial charge in [-0.2, -0.15) is 0 Å². The van der Waals surface area contributed by atoms with Crippen molar-refractivity contribution in [3.8, 4) is 0 Å². The summed E-state index contributed by atoms with van der Waals surface area (Å²) < 4.78 is 1.16. The third kappa shape index (κ3) is 3.27. The number of carbonyl (C=O) groups excluding carboxylic acids is 3. The quantitative estimate of drug-likeness (QED) is 0.577. The van der Waals surface area contributed by atoms with Crippen molar-refractivity contribution in [2.45, 2.75) is 31.6 Å². The lowest BCUT2D eigenvalue weighted by atomic mass is 9.85. The minimum atomic E-state index is -0.280. The first-order chi connectivity index (χ1) is 14.1. The highest BCUT2D eigenvalue weighted by molar-refractivity contribution is 7.18. The molecule has 1 aliphatic carbocycles. The maximum atomic E-state index is 12.9. The molecule has 0 saturated carbocycles. The van der Waals surface area contributed by atoms with E-state index in [1.54, 1.807) is 16.2 Å². The molecule has 6 nitrogen and oxygen atoms in total. The van der Waals surface area contributed by atoms with Gasteiger partial charge in [0.05, 0.1) is 27.1 Å². The number of aromatic nitrogens is 1. The number of para-hydroxylation sites is 1. The lowest BCUT2D eigenvalue weighted by molar-refractivity contribution is -0.147. The molecule has 0 bridgehead atoms. The van der Waals surface area contributed by atoms with Gasteiger partial charge in [-0.3, -0.25) is 19.3 Å². The third-order valence-corrected chi connectivity index (χ3v) is 7.52. The molecule has 2 saturated heterocycles. The Bertz CT molecular complexity index is 955. The van der Waals surface area contributed by atoms with Crippen LogP contribution in [-0.2, 0) is 14.4 Å². The first kappa shape index (κ1) is 18.5.